The van der Waals surface area contributed by atoms with Crippen LogP contribution in [-0.4, -0.2) is 11.5 Å². The lowest BCUT2D eigenvalue weighted by atomic mass is 10.3. The Morgan fingerprint density at radius 3 is 2.43 bits per heavy atom. The van der Waals surface area contributed by atoms with Crippen molar-refractivity contribution in [1.82, 2.24) is 0 Å². The lowest BCUT2D eigenvalue weighted by Crippen LogP contribution is -2.06. The third-order valence-corrected chi connectivity index (χ3v) is 1.56. The van der Waals surface area contributed by atoms with Gasteiger partial charge in [0.2, 0.25) is 5.91 Å². The topological polar surface area (TPSA) is 38.3 Å². The second-order valence-corrected chi connectivity index (χ2v) is 3.48. The van der Waals surface area contributed by atoms with Gasteiger partial charge in [0.05, 0.1) is 0 Å². The van der Waals surface area contributed by atoms with E-state index in [-0.39, 0.29) is 11.5 Å². The van der Waals surface area contributed by atoms with Gasteiger partial charge in [-0.15, -0.1) is 0 Å². The van der Waals surface area contributed by atoms with E-state index < -0.39 is 0 Å². The highest BCUT2D eigenvalue weighted by molar-refractivity contribution is 6.19. The zero-order valence-corrected chi connectivity index (χ0v) is 8.84. The van der Waals surface area contributed by atoms with Crippen LogP contribution in [0.15, 0.2) is 24.3 Å². The summed E-state index contributed by atoms with van der Waals surface area (Å²) in [7, 11) is 0. The predicted octanol–water partition coefficient (Wildman–Crippen LogP) is 2.61. The van der Waals surface area contributed by atoms with Gasteiger partial charge in [0.1, 0.15) is 5.75 Å². The number of rotatable bonds is 3. The van der Waals surface area contributed by atoms with Gasteiger partial charge in [0, 0.05) is 12.6 Å². The number of halogens is 1. The van der Waals surface area contributed by atoms with Crippen LogP contribution in [0.4, 0.5) is 5.69 Å². The average Bonchev–Trinajstić information content (AvgIpc) is 2.06. The van der Waals surface area contributed by atoms with Crippen LogP contribution in [0.5, 0.6) is 5.75 Å². The summed E-state index contributed by atoms with van der Waals surface area (Å²) in [4.78, 5) is 10.7. The van der Waals surface area contributed by atoms with E-state index in [2.05, 4.69) is 5.32 Å². The number of amides is 1. The highest BCUT2D eigenvalue weighted by Crippen LogP contribution is 2.17. The number of carbonyl (C=O) groups is 1. The van der Waals surface area contributed by atoms with Gasteiger partial charge in [0.25, 0.3) is 0 Å². The minimum atomic E-state index is -0.360. The van der Waals surface area contributed by atoms with Crippen molar-refractivity contribution < 1.29 is 9.53 Å². The molecule has 1 atom stereocenters. The fourth-order valence-electron chi connectivity index (χ4n) is 1.01. The molecule has 1 rings (SSSR count). The molecule has 1 aromatic carbocycles. The molecule has 76 valence electrons. The molecule has 4 heteroatoms. The SMILES string of the molecule is CC(=O)Nc1ccc(OC(C)Cl)cc1. The number of nitrogens with one attached hydrogen (secondary N) is 1. The van der Waals surface area contributed by atoms with Gasteiger partial charge in [-0.3, -0.25) is 4.79 Å². The fraction of sp³-hybridized carbons (Fsp3) is 0.300. The summed E-state index contributed by atoms with van der Waals surface area (Å²) in [6.45, 7) is 3.20. The second kappa shape index (κ2) is 4.86. The number of hydrogen-bond acceptors (Lipinski definition) is 2. The van der Waals surface area contributed by atoms with Gasteiger partial charge in [-0.2, -0.15) is 0 Å². The minimum absolute atomic E-state index is 0.0932. The highest BCUT2D eigenvalue weighted by atomic mass is 35.5. The van der Waals surface area contributed by atoms with Crippen LogP contribution < -0.4 is 10.1 Å². The van der Waals surface area contributed by atoms with E-state index in [0.717, 1.165) is 5.69 Å². The maximum Gasteiger partial charge on any atom is 0.221 e. The molecule has 3 nitrogen and oxygen atoms in total. The Hall–Kier alpha value is -1.22. The van der Waals surface area contributed by atoms with Crippen molar-refractivity contribution in [3.8, 4) is 5.75 Å². The summed E-state index contributed by atoms with van der Waals surface area (Å²) in [5, 5.41) is 2.66. The molecule has 1 unspecified atom stereocenters. The summed E-state index contributed by atoms with van der Waals surface area (Å²) in [5.74, 6) is 0.589. The van der Waals surface area contributed by atoms with E-state index in [0.29, 0.717) is 5.75 Å². The molecule has 1 amide bonds. The number of benzene rings is 1. The van der Waals surface area contributed by atoms with Gasteiger partial charge in [-0.1, -0.05) is 11.6 Å². The van der Waals surface area contributed by atoms with Gasteiger partial charge in [-0.05, 0) is 31.2 Å². The van der Waals surface area contributed by atoms with Crippen molar-refractivity contribution in [3.63, 3.8) is 0 Å². The zero-order valence-electron chi connectivity index (χ0n) is 8.08. The van der Waals surface area contributed by atoms with Crippen molar-refractivity contribution in [2.24, 2.45) is 0 Å². The first-order chi connectivity index (χ1) is 6.58. The molecule has 0 heterocycles. The Balaban J connectivity index is 2.63. The Morgan fingerprint density at radius 1 is 1.43 bits per heavy atom. The zero-order chi connectivity index (χ0) is 10.6. The van der Waals surface area contributed by atoms with Gasteiger partial charge in [-0.25, -0.2) is 0 Å². The average molecular weight is 214 g/mol. The maximum absolute atomic E-state index is 10.7. The fourth-order valence-corrected chi connectivity index (χ4v) is 1.11. The predicted molar refractivity (Wildman–Crippen MR) is 56.7 cm³/mol. The van der Waals surface area contributed by atoms with E-state index in [1.165, 1.54) is 6.92 Å². The third kappa shape index (κ3) is 3.66. The van der Waals surface area contributed by atoms with Crippen LogP contribution in [-0.2, 0) is 4.79 Å². The molecule has 0 spiro atoms. The molecule has 1 aromatic rings. The lowest BCUT2D eigenvalue weighted by molar-refractivity contribution is -0.114. The summed E-state index contributed by atoms with van der Waals surface area (Å²) in [6, 6.07) is 7.03. The number of alkyl halides is 1. The molecule has 14 heavy (non-hydrogen) atoms. The molecular formula is C10H12ClNO2. The van der Waals surface area contributed by atoms with Gasteiger partial charge < -0.3 is 10.1 Å². The monoisotopic (exact) mass is 213 g/mol. The van der Waals surface area contributed by atoms with Crippen LogP contribution in [0.3, 0.4) is 0 Å². The van der Waals surface area contributed by atoms with E-state index in [1.807, 2.05) is 0 Å². The van der Waals surface area contributed by atoms with Crippen molar-refractivity contribution in [2.45, 2.75) is 19.4 Å². The van der Waals surface area contributed by atoms with Crippen LogP contribution in [0.2, 0.25) is 0 Å². The van der Waals surface area contributed by atoms with E-state index >= 15 is 0 Å². The molecule has 0 aromatic heterocycles. The molecule has 0 radical (unpaired) electrons. The summed E-state index contributed by atoms with van der Waals surface area (Å²) >= 11 is 5.64. The lowest BCUT2D eigenvalue weighted by Gasteiger charge is -2.08. The molecule has 0 fully saturated rings. The second-order valence-electron chi connectivity index (χ2n) is 2.87. The van der Waals surface area contributed by atoms with Crippen molar-refractivity contribution in [3.05, 3.63) is 24.3 Å². The quantitative estimate of drug-likeness (QED) is 0.784. The molecule has 0 saturated heterocycles. The van der Waals surface area contributed by atoms with Crippen molar-refractivity contribution in [1.29, 1.82) is 0 Å². The number of ether oxygens (including phenoxy) is 1. The van der Waals surface area contributed by atoms with Gasteiger partial charge >= 0.3 is 0 Å². The maximum atomic E-state index is 10.7. The van der Waals surface area contributed by atoms with E-state index in [1.54, 1.807) is 31.2 Å². The standard InChI is InChI=1S/C10H12ClNO2/c1-7(11)14-10-5-3-9(4-6-10)12-8(2)13/h3-7H,1-2H3,(H,12,13). The minimum Gasteiger partial charge on any atom is -0.475 e. The van der Waals surface area contributed by atoms with Crippen LogP contribution in [0, 0.1) is 0 Å². The first kappa shape index (κ1) is 10.9. The Labute approximate surface area is 88.0 Å². The summed E-state index contributed by atoms with van der Waals surface area (Å²) in [5.41, 5.74) is 0.383. The van der Waals surface area contributed by atoms with Gasteiger partial charge in [0.15, 0.2) is 5.56 Å². The molecular weight excluding hydrogens is 202 g/mol. The molecule has 0 bridgehead atoms. The summed E-state index contributed by atoms with van der Waals surface area (Å²) in [6.07, 6.45) is 0. The van der Waals surface area contributed by atoms with Crippen LogP contribution in [0.1, 0.15) is 13.8 Å². The van der Waals surface area contributed by atoms with Crippen molar-refractivity contribution in [2.75, 3.05) is 5.32 Å². The van der Waals surface area contributed by atoms with Crippen LogP contribution in [0.25, 0.3) is 0 Å². The van der Waals surface area contributed by atoms with Crippen molar-refractivity contribution >= 4 is 23.2 Å². The number of anilines is 1. The first-order valence-corrected chi connectivity index (χ1v) is 4.70. The molecule has 0 aliphatic rings. The first-order valence-electron chi connectivity index (χ1n) is 4.26. The van der Waals surface area contributed by atoms with Crippen LogP contribution >= 0.6 is 11.6 Å². The molecule has 0 aliphatic carbocycles. The molecule has 0 aliphatic heterocycles. The molecule has 1 N–H and O–H groups in total. The van der Waals surface area contributed by atoms with E-state index in [4.69, 9.17) is 16.3 Å². The highest BCUT2D eigenvalue weighted by Gasteiger charge is 1.99. The third-order valence-electron chi connectivity index (χ3n) is 1.47. The normalized spacial score (nSPS) is 11.9. The molecule has 0 saturated carbocycles. The Bertz CT molecular complexity index is 308. The van der Waals surface area contributed by atoms with E-state index in [9.17, 15) is 4.79 Å². The number of hydrogen-bond donors (Lipinski definition) is 1. The largest absolute Gasteiger partial charge is 0.475 e. The smallest absolute Gasteiger partial charge is 0.221 e. The Morgan fingerprint density at radius 2 is 2.00 bits per heavy atom. The Kier molecular flexibility index (Phi) is 3.77. The summed E-state index contributed by atoms with van der Waals surface area (Å²) < 4.78 is 5.23. The number of carbonyl (C=O) groups excluding carboxylic acids is 1.